The molecule has 0 radical (unpaired) electrons. The van der Waals surface area contributed by atoms with Gasteiger partial charge in [-0.05, 0) is 30.9 Å². The lowest BCUT2D eigenvalue weighted by molar-refractivity contribution is 0.795. The standard InChI is InChI=1S/C15H18N2/c1-3-4-5-13-6-8-14(9-7-13)15-10-16-12(2)17-11-15/h6-11H,3-5H2,1-2H3. The zero-order chi connectivity index (χ0) is 12.1. The van der Waals surface area contributed by atoms with Crippen molar-refractivity contribution in [1.29, 1.82) is 0 Å². The molecule has 0 aliphatic carbocycles. The molecular weight excluding hydrogens is 208 g/mol. The molecule has 0 atom stereocenters. The second-order valence-electron chi connectivity index (χ2n) is 4.32. The van der Waals surface area contributed by atoms with Gasteiger partial charge < -0.3 is 0 Å². The van der Waals surface area contributed by atoms with Crippen molar-refractivity contribution in [1.82, 2.24) is 9.97 Å². The van der Waals surface area contributed by atoms with Crippen molar-refractivity contribution >= 4 is 0 Å². The van der Waals surface area contributed by atoms with E-state index in [1.807, 2.05) is 19.3 Å². The summed E-state index contributed by atoms with van der Waals surface area (Å²) >= 11 is 0. The first-order chi connectivity index (χ1) is 8.29. The first-order valence-electron chi connectivity index (χ1n) is 6.17. The van der Waals surface area contributed by atoms with Crippen molar-refractivity contribution in [3.8, 4) is 11.1 Å². The van der Waals surface area contributed by atoms with Gasteiger partial charge in [-0.1, -0.05) is 37.6 Å². The van der Waals surface area contributed by atoms with Crippen LogP contribution in [0.25, 0.3) is 11.1 Å². The number of nitrogens with zero attached hydrogens (tertiary/aromatic N) is 2. The molecule has 0 aliphatic heterocycles. The first-order valence-corrected chi connectivity index (χ1v) is 6.17. The molecule has 2 aromatic rings. The van der Waals surface area contributed by atoms with Crippen molar-refractivity contribution in [3.05, 3.63) is 48.0 Å². The molecule has 2 nitrogen and oxygen atoms in total. The smallest absolute Gasteiger partial charge is 0.125 e. The largest absolute Gasteiger partial charge is 0.241 e. The third-order valence-corrected chi connectivity index (χ3v) is 2.89. The lowest BCUT2D eigenvalue weighted by Crippen LogP contribution is -1.88. The SMILES string of the molecule is CCCCc1ccc(-c2cnc(C)nc2)cc1. The Morgan fingerprint density at radius 3 is 2.18 bits per heavy atom. The predicted octanol–water partition coefficient (Wildman–Crippen LogP) is 3.79. The summed E-state index contributed by atoms with van der Waals surface area (Å²) in [5.41, 5.74) is 3.67. The van der Waals surface area contributed by atoms with Crippen LogP contribution in [0.15, 0.2) is 36.7 Å². The Morgan fingerprint density at radius 1 is 0.941 bits per heavy atom. The molecular formula is C15H18N2. The van der Waals surface area contributed by atoms with Crippen LogP contribution in [0.1, 0.15) is 31.2 Å². The highest BCUT2D eigenvalue weighted by atomic mass is 14.8. The summed E-state index contributed by atoms with van der Waals surface area (Å²) in [6.07, 6.45) is 7.43. The fraction of sp³-hybridized carbons (Fsp3) is 0.333. The van der Waals surface area contributed by atoms with Gasteiger partial charge in [0.15, 0.2) is 0 Å². The van der Waals surface area contributed by atoms with Gasteiger partial charge in [0.05, 0.1) is 0 Å². The van der Waals surface area contributed by atoms with E-state index in [4.69, 9.17) is 0 Å². The van der Waals surface area contributed by atoms with Gasteiger partial charge in [-0.25, -0.2) is 9.97 Å². The maximum absolute atomic E-state index is 4.22. The average molecular weight is 226 g/mol. The van der Waals surface area contributed by atoms with Crippen molar-refractivity contribution in [2.45, 2.75) is 33.1 Å². The molecule has 0 bridgehead atoms. The van der Waals surface area contributed by atoms with Gasteiger partial charge in [-0.15, -0.1) is 0 Å². The summed E-state index contributed by atoms with van der Waals surface area (Å²) in [4.78, 5) is 8.43. The second-order valence-corrected chi connectivity index (χ2v) is 4.32. The van der Waals surface area contributed by atoms with E-state index in [1.54, 1.807) is 0 Å². The molecule has 0 amide bonds. The molecule has 88 valence electrons. The molecule has 0 saturated heterocycles. The van der Waals surface area contributed by atoms with Crippen LogP contribution in [0.2, 0.25) is 0 Å². The van der Waals surface area contributed by atoms with Crippen LogP contribution in [0.4, 0.5) is 0 Å². The normalized spacial score (nSPS) is 10.5. The third-order valence-electron chi connectivity index (χ3n) is 2.89. The molecule has 1 aromatic carbocycles. The van der Waals surface area contributed by atoms with Crippen LogP contribution >= 0.6 is 0 Å². The van der Waals surface area contributed by atoms with E-state index in [-0.39, 0.29) is 0 Å². The van der Waals surface area contributed by atoms with Gasteiger partial charge in [0, 0.05) is 18.0 Å². The van der Waals surface area contributed by atoms with Crippen LogP contribution in [-0.2, 0) is 6.42 Å². The van der Waals surface area contributed by atoms with Crippen LogP contribution in [0.3, 0.4) is 0 Å². The molecule has 0 fully saturated rings. The van der Waals surface area contributed by atoms with Gasteiger partial charge in [-0.2, -0.15) is 0 Å². The third kappa shape index (κ3) is 3.13. The number of unbranched alkanes of at least 4 members (excludes halogenated alkanes) is 1. The summed E-state index contributed by atoms with van der Waals surface area (Å²) in [7, 11) is 0. The number of rotatable bonds is 4. The zero-order valence-corrected chi connectivity index (χ0v) is 10.5. The van der Waals surface area contributed by atoms with Gasteiger partial charge in [0.25, 0.3) is 0 Å². The first kappa shape index (κ1) is 11.8. The highest BCUT2D eigenvalue weighted by Crippen LogP contribution is 2.18. The highest BCUT2D eigenvalue weighted by molar-refractivity contribution is 5.61. The highest BCUT2D eigenvalue weighted by Gasteiger charge is 1.99. The van der Waals surface area contributed by atoms with E-state index in [0.717, 1.165) is 11.4 Å². The Bertz CT molecular complexity index is 457. The van der Waals surface area contributed by atoms with Crippen LogP contribution in [0.5, 0.6) is 0 Å². The van der Waals surface area contributed by atoms with Gasteiger partial charge in [0.1, 0.15) is 5.82 Å². The maximum Gasteiger partial charge on any atom is 0.125 e. The summed E-state index contributed by atoms with van der Waals surface area (Å²) in [6.45, 7) is 4.12. The number of aryl methyl sites for hydroxylation is 2. The quantitative estimate of drug-likeness (QED) is 0.792. The Hall–Kier alpha value is -1.70. The topological polar surface area (TPSA) is 25.8 Å². The molecule has 1 aromatic heterocycles. The van der Waals surface area contributed by atoms with Gasteiger partial charge in [-0.3, -0.25) is 0 Å². The fourth-order valence-corrected chi connectivity index (χ4v) is 1.79. The average Bonchev–Trinajstić information content (AvgIpc) is 2.38. The molecule has 0 saturated carbocycles. The Balaban J connectivity index is 2.14. The molecule has 0 unspecified atom stereocenters. The van der Waals surface area contributed by atoms with Gasteiger partial charge in [0.2, 0.25) is 0 Å². The zero-order valence-electron chi connectivity index (χ0n) is 10.5. The number of benzene rings is 1. The number of hydrogen-bond acceptors (Lipinski definition) is 2. The van der Waals surface area contributed by atoms with Crippen LogP contribution in [-0.4, -0.2) is 9.97 Å². The monoisotopic (exact) mass is 226 g/mol. The lowest BCUT2D eigenvalue weighted by atomic mass is 10.0. The molecule has 0 spiro atoms. The summed E-state index contributed by atoms with van der Waals surface area (Å²) < 4.78 is 0. The van der Waals surface area contributed by atoms with Crippen molar-refractivity contribution in [2.24, 2.45) is 0 Å². The van der Waals surface area contributed by atoms with E-state index >= 15 is 0 Å². The fourth-order valence-electron chi connectivity index (χ4n) is 1.79. The number of aromatic nitrogens is 2. The summed E-state index contributed by atoms with van der Waals surface area (Å²) in [6, 6.07) is 8.70. The summed E-state index contributed by atoms with van der Waals surface area (Å²) in [5, 5.41) is 0. The van der Waals surface area contributed by atoms with E-state index < -0.39 is 0 Å². The molecule has 2 heteroatoms. The van der Waals surface area contributed by atoms with Crippen molar-refractivity contribution < 1.29 is 0 Å². The van der Waals surface area contributed by atoms with Crippen molar-refractivity contribution in [2.75, 3.05) is 0 Å². The molecule has 0 aliphatic rings. The molecule has 2 rings (SSSR count). The second kappa shape index (κ2) is 5.58. The molecule has 1 heterocycles. The van der Waals surface area contributed by atoms with Crippen LogP contribution in [0, 0.1) is 6.92 Å². The van der Waals surface area contributed by atoms with E-state index in [1.165, 1.54) is 30.4 Å². The van der Waals surface area contributed by atoms with E-state index in [9.17, 15) is 0 Å². The number of hydrogen-bond donors (Lipinski definition) is 0. The lowest BCUT2D eigenvalue weighted by Gasteiger charge is -2.03. The van der Waals surface area contributed by atoms with E-state index in [2.05, 4.69) is 41.2 Å². The van der Waals surface area contributed by atoms with Gasteiger partial charge >= 0.3 is 0 Å². The summed E-state index contributed by atoms with van der Waals surface area (Å²) in [5.74, 6) is 0.813. The molecule has 17 heavy (non-hydrogen) atoms. The minimum atomic E-state index is 0.813. The minimum absolute atomic E-state index is 0.813. The Labute approximate surface area is 103 Å². The molecule has 0 N–H and O–H groups in total. The van der Waals surface area contributed by atoms with Crippen molar-refractivity contribution in [3.63, 3.8) is 0 Å². The Kier molecular flexibility index (Phi) is 3.86. The van der Waals surface area contributed by atoms with Crippen LogP contribution < -0.4 is 0 Å². The minimum Gasteiger partial charge on any atom is -0.241 e. The maximum atomic E-state index is 4.22. The predicted molar refractivity (Wildman–Crippen MR) is 70.8 cm³/mol. The van der Waals surface area contributed by atoms with E-state index in [0.29, 0.717) is 0 Å². The Morgan fingerprint density at radius 2 is 1.59 bits per heavy atom.